The molecule has 19 heavy (non-hydrogen) atoms. The Balaban J connectivity index is 1.96. The van der Waals surface area contributed by atoms with Gasteiger partial charge in [-0.15, -0.1) is 11.3 Å². The van der Waals surface area contributed by atoms with Crippen molar-refractivity contribution in [2.75, 3.05) is 11.9 Å². The van der Waals surface area contributed by atoms with E-state index in [0.29, 0.717) is 17.1 Å². The van der Waals surface area contributed by atoms with Crippen molar-refractivity contribution in [1.82, 2.24) is 4.98 Å². The molecule has 2 aromatic rings. The summed E-state index contributed by atoms with van der Waals surface area (Å²) in [5.41, 5.74) is 1.47. The minimum Gasteiger partial charge on any atom is -0.291 e. The van der Waals surface area contributed by atoms with Crippen molar-refractivity contribution < 1.29 is 9.18 Å². The van der Waals surface area contributed by atoms with Crippen LogP contribution in [0, 0.1) is 12.7 Å². The highest BCUT2D eigenvalue weighted by Crippen LogP contribution is 2.20. The molecule has 2 rings (SSSR count). The van der Waals surface area contributed by atoms with E-state index in [0.717, 1.165) is 5.69 Å². The van der Waals surface area contributed by atoms with Crippen molar-refractivity contribution in [3.05, 3.63) is 46.7 Å². The van der Waals surface area contributed by atoms with E-state index in [4.69, 9.17) is 0 Å². The van der Waals surface area contributed by atoms with Gasteiger partial charge in [-0.1, -0.05) is 18.2 Å². The molecule has 1 aromatic heterocycles. The zero-order valence-corrected chi connectivity index (χ0v) is 11.7. The molecule has 5 heteroatoms. The van der Waals surface area contributed by atoms with Crippen LogP contribution in [0.2, 0.25) is 0 Å². The molecule has 0 aliphatic carbocycles. The predicted molar refractivity (Wildman–Crippen MR) is 75.0 cm³/mol. The van der Waals surface area contributed by atoms with Gasteiger partial charge in [-0.3, -0.25) is 9.69 Å². The number of anilines is 1. The minimum atomic E-state index is -0.261. The summed E-state index contributed by atoms with van der Waals surface area (Å²) in [4.78, 5) is 17.8. The number of benzene rings is 1. The molecule has 0 aliphatic heterocycles. The lowest BCUT2D eigenvalue weighted by Gasteiger charge is -2.13. The fourth-order valence-electron chi connectivity index (χ4n) is 1.71. The van der Waals surface area contributed by atoms with Crippen molar-refractivity contribution in [1.29, 1.82) is 0 Å². The Hall–Kier alpha value is -1.75. The average Bonchev–Trinajstić information content (AvgIpc) is 2.83. The lowest BCUT2D eigenvalue weighted by atomic mass is 10.1. The van der Waals surface area contributed by atoms with E-state index in [9.17, 15) is 9.18 Å². The van der Waals surface area contributed by atoms with Crippen LogP contribution >= 0.6 is 11.3 Å². The molecule has 0 unspecified atom stereocenters. The Morgan fingerprint density at radius 1 is 1.42 bits per heavy atom. The zero-order valence-electron chi connectivity index (χ0n) is 10.9. The molecule has 0 saturated carbocycles. The Morgan fingerprint density at radius 3 is 2.79 bits per heavy atom. The SMILES string of the molecule is Cc1csc(N(C)C(=O)CCc2ccccc2F)n1. The van der Waals surface area contributed by atoms with Crippen LogP contribution in [0.3, 0.4) is 0 Å². The molecule has 0 fully saturated rings. The first-order chi connectivity index (χ1) is 9.08. The fraction of sp³-hybridized carbons (Fsp3) is 0.286. The quantitative estimate of drug-likeness (QED) is 0.860. The van der Waals surface area contributed by atoms with Crippen LogP contribution in [-0.2, 0) is 11.2 Å². The van der Waals surface area contributed by atoms with Gasteiger partial charge < -0.3 is 0 Å². The van der Waals surface area contributed by atoms with Crippen molar-refractivity contribution in [3.63, 3.8) is 0 Å². The van der Waals surface area contributed by atoms with Crippen LogP contribution in [0.15, 0.2) is 29.6 Å². The molecule has 3 nitrogen and oxygen atoms in total. The number of aromatic nitrogens is 1. The normalized spacial score (nSPS) is 10.5. The highest BCUT2D eigenvalue weighted by Gasteiger charge is 2.14. The van der Waals surface area contributed by atoms with Crippen molar-refractivity contribution >= 4 is 22.4 Å². The highest BCUT2D eigenvalue weighted by atomic mass is 32.1. The van der Waals surface area contributed by atoms with Crippen LogP contribution in [-0.4, -0.2) is 17.9 Å². The number of rotatable bonds is 4. The second kappa shape index (κ2) is 5.93. The van der Waals surface area contributed by atoms with Crippen molar-refractivity contribution in [2.24, 2.45) is 0 Å². The van der Waals surface area contributed by atoms with Gasteiger partial charge in [0.1, 0.15) is 5.82 Å². The molecule has 1 aromatic carbocycles. The third-order valence-corrected chi connectivity index (χ3v) is 3.87. The zero-order chi connectivity index (χ0) is 13.8. The fourth-order valence-corrected chi connectivity index (χ4v) is 2.50. The standard InChI is InChI=1S/C14H15FN2OS/c1-10-9-19-14(16-10)17(2)13(18)8-7-11-5-3-4-6-12(11)15/h3-6,9H,7-8H2,1-2H3. The third-order valence-electron chi connectivity index (χ3n) is 2.83. The Bertz CT molecular complexity index is 582. The maximum absolute atomic E-state index is 13.4. The van der Waals surface area contributed by atoms with Crippen molar-refractivity contribution in [2.45, 2.75) is 19.8 Å². The Labute approximate surface area is 115 Å². The summed E-state index contributed by atoms with van der Waals surface area (Å²) in [6, 6.07) is 6.53. The molecule has 0 radical (unpaired) electrons. The van der Waals surface area contributed by atoms with E-state index >= 15 is 0 Å². The van der Waals surface area contributed by atoms with E-state index in [1.54, 1.807) is 25.2 Å². The number of aryl methyl sites for hydroxylation is 2. The molecule has 0 saturated heterocycles. The second-order valence-electron chi connectivity index (χ2n) is 4.32. The summed E-state index contributed by atoms with van der Waals surface area (Å²) in [6.07, 6.45) is 0.677. The summed E-state index contributed by atoms with van der Waals surface area (Å²) in [7, 11) is 1.70. The van der Waals surface area contributed by atoms with Gasteiger partial charge in [0.2, 0.25) is 5.91 Å². The number of thiazole rings is 1. The lowest BCUT2D eigenvalue weighted by Crippen LogP contribution is -2.26. The van der Waals surface area contributed by atoms with Gasteiger partial charge >= 0.3 is 0 Å². The van der Waals surface area contributed by atoms with E-state index in [-0.39, 0.29) is 18.1 Å². The van der Waals surface area contributed by atoms with E-state index < -0.39 is 0 Å². The minimum absolute atomic E-state index is 0.0578. The second-order valence-corrected chi connectivity index (χ2v) is 5.15. The van der Waals surface area contributed by atoms with Gasteiger partial charge in [0.25, 0.3) is 0 Å². The summed E-state index contributed by atoms with van der Waals surface area (Å²) in [6.45, 7) is 1.89. The molecule has 0 spiro atoms. The first kappa shape index (κ1) is 13.7. The number of carbonyl (C=O) groups is 1. The van der Waals surface area contributed by atoms with Crippen LogP contribution in [0.25, 0.3) is 0 Å². The predicted octanol–water partition coefficient (Wildman–Crippen LogP) is 3.19. The Morgan fingerprint density at radius 2 is 2.16 bits per heavy atom. The molecule has 0 bridgehead atoms. The molecule has 100 valence electrons. The molecule has 0 atom stereocenters. The molecule has 0 N–H and O–H groups in total. The van der Waals surface area contributed by atoms with Gasteiger partial charge in [-0.05, 0) is 25.0 Å². The van der Waals surface area contributed by atoms with Crippen molar-refractivity contribution in [3.8, 4) is 0 Å². The number of hydrogen-bond acceptors (Lipinski definition) is 3. The average molecular weight is 278 g/mol. The summed E-state index contributed by atoms with van der Waals surface area (Å²) in [5.74, 6) is -0.319. The summed E-state index contributed by atoms with van der Waals surface area (Å²) >= 11 is 1.43. The summed E-state index contributed by atoms with van der Waals surface area (Å²) in [5, 5.41) is 2.58. The number of amides is 1. The van der Waals surface area contributed by atoms with E-state index in [1.807, 2.05) is 12.3 Å². The summed E-state index contributed by atoms with van der Waals surface area (Å²) < 4.78 is 13.4. The Kier molecular flexibility index (Phi) is 4.27. The van der Waals surface area contributed by atoms with Gasteiger partial charge in [-0.25, -0.2) is 9.37 Å². The van der Waals surface area contributed by atoms with Gasteiger partial charge in [0.05, 0.1) is 5.69 Å². The number of halogens is 1. The van der Waals surface area contributed by atoms with Gasteiger partial charge in [0, 0.05) is 18.8 Å². The van der Waals surface area contributed by atoms with Gasteiger partial charge in [0.15, 0.2) is 5.13 Å². The van der Waals surface area contributed by atoms with Crippen LogP contribution in [0.4, 0.5) is 9.52 Å². The maximum atomic E-state index is 13.4. The lowest BCUT2D eigenvalue weighted by molar-refractivity contribution is -0.118. The molecular weight excluding hydrogens is 263 g/mol. The molecule has 1 heterocycles. The first-order valence-electron chi connectivity index (χ1n) is 6.00. The molecule has 1 amide bonds. The van der Waals surface area contributed by atoms with Crippen LogP contribution in [0.5, 0.6) is 0 Å². The smallest absolute Gasteiger partial charge is 0.228 e. The maximum Gasteiger partial charge on any atom is 0.228 e. The van der Waals surface area contributed by atoms with E-state index in [1.165, 1.54) is 22.3 Å². The van der Waals surface area contributed by atoms with Gasteiger partial charge in [-0.2, -0.15) is 0 Å². The number of carbonyl (C=O) groups excluding carboxylic acids is 1. The molecular formula is C14H15FN2OS. The van der Waals surface area contributed by atoms with Crippen LogP contribution < -0.4 is 4.90 Å². The van der Waals surface area contributed by atoms with Crippen LogP contribution in [0.1, 0.15) is 17.7 Å². The largest absolute Gasteiger partial charge is 0.291 e. The topological polar surface area (TPSA) is 33.2 Å². The first-order valence-corrected chi connectivity index (χ1v) is 6.88. The monoisotopic (exact) mass is 278 g/mol. The third kappa shape index (κ3) is 3.38. The van der Waals surface area contributed by atoms with E-state index in [2.05, 4.69) is 4.98 Å². The number of hydrogen-bond donors (Lipinski definition) is 0. The molecule has 0 aliphatic rings. The number of nitrogens with zero attached hydrogens (tertiary/aromatic N) is 2. The highest BCUT2D eigenvalue weighted by molar-refractivity contribution is 7.14.